The number of benzene rings is 3. The number of aliphatic carboxylic acids is 1. The molecule has 1 saturated heterocycles. The van der Waals surface area contributed by atoms with Crippen molar-refractivity contribution < 1.29 is 33.3 Å². The molecule has 1 amide bonds. The van der Waals surface area contributed by atoms with Crippen LogP contribution >= 0.6 is 0 Å². The van der Waals surface area contributed by atoms with Gasteiger partial charge in [-0.15, -0.1) is 0 Å². The summed E-state index contributed by atoms with van der Waals surface area (Å²) in [7, 11) is 0. The molecule has 2 atom stereocenters. The van der Waals surface area contributed by atoms with Crippen molar-refractivity contribution >= 4 is 12.1 Å². The zero-order valence-electron chi connectivity index (χ0n) is 24.7. The monoisotopic (exact) mass is 577 g/mol. The predicted molar refractivity (Wildman–Crippen MR) is 159 cm³/mol. The van der Waals surface area contributed by atoms with Gasteiger partial charge in [0.25, 0.3) is 0 Å². The van der Waals surface area contributed by atoms with E-state index in [1.165, 1.54) is 0 Å². The summed E-state index contributed by atoms with van der Waals surface area (Å²) >= 11 is 0. The number of alkyl carbamates (subject to hydrolysis) is 1. The average molecular weight is 578 g/mol. The van der Waals surface area contributed by atoms with Gasteiger partial charge in [0.05, 0.1) is 18.6 Å². The van der Waals surface area contributed by atoms with Gasteiger partial charge in [-0.05, 0) is 82.2 Å². The van der Waals surface area contributed by atoms with E-state index in [0.29, 0.717) is 28.0 Å². The Balaban J connectivity index is 1.61. The lowest BCUT2D eigenvalue weighted by Gasteiger charge is -2.22. The number of nitrogens with one attached hydrogen (secondary N) is 1. The number of carboxylic acids is 1. The molecule has 0 bridgehead atoms. The number of aryl methyl sites for hydroxylation is 1. The first-order valence-electron chi connectivity index (χ1n) is 14.4. The molecule has 0 spiro atoms. The van der Waals surface area contributed by atoms with E-state index in [2.05, 4.69) is 5.32 Å². The lowest BCUT2D eigenvalue weighted by Crippen LogP contribution is -2.34. The van der Waals surface area contributed by atoms with Crippen LogP contribution in [-0.4, -0.2) is 35.5 Å². The first-order valence-corrected chi connectivity index (χ1v) is 14.4. The molecule has 1 aliphatic rings. The highest BCUT2D eigenvalue weighted by atomic mass is 19.1. The third kappa shape index (κ3) is 8.79. The SMILES string of the molecule is C[C@@H](NC(=O)OC(C)(C)C)c1cccc(-c2cc(CCC3CCCO3)cc(COc3ccccc3CC(=O)O)c2)c1F. The second-order valence-electron chi connectivity index (χ2n) is 11.8. The van der Waals surface area contributed by atoms with Crippen LogP contribution in [0.1, 0.15) is 75.3 Å². The maximum atomic E-state index is 16.0. The molecule has 4 rings (SSSR count). The van der Waals surface area contributed by atoms with E-state index in [0.717, 1.165) is 43.4 Å². The van der Waals surface area contributed by atoms with E-state index in [9.17, 15) is 14.7 Å². The summed E-state index contributed by atoms with van der Waals surface area (Å²) in [6, 6.07) is 17.6. The van der Waals surface area contributed by atoms with Crippen molar-refractivity contribution in [2.45, 2.75) is 84.2 Å². The van der Waals surface area contributed by atoms with Crippen LogP contribution in [0.3, 0.4) is 0 Å². The smallest absolute Gasteiger partial charge is 0.408 e. The Labute approximate surface area is 247 Å². The van der Waals surface area contributed by atoms with E-state index in [1.807, 2.05) is 18.2 Å². The Hall–Kier alpha value is -3.91. The van der Waals surface area contributed by atoms with Crippen molar-refractivity contribution in [3.63, 3.8) is 0 Å². The molecule has 0 saturated carbocycles. The Kier molecular flexibility index (Phi) is 10.2. The number of hydrogen-bond donors (Lipinski definition) is 2. The van der Waals surface area contributed by atoms with Gasteiger partial charge < -0.3 is 24.6 Å². The normalized spacial score (nSPS) is 15.7. The minimum absolute atomic E-state index is 0.142. The van der Waals surface area contributed by atoms with Crippen LogP contribution in [0.25, 0.3) is 11.1 Å². The van der Waals surface area contributed by atoms with Crippen LogP contribution in [-0.2, 0) is 33.7 Å². The van der Waals surface area contributed by atoms with Gasteiger partial charge in [-0.25, -0.2) is 9.18 Å². The van der Waals surface area contributed by atoms with Crippen LogP contribution < -0.4 is 10.1 Å². The molecule has 1 unspecified atom stereocenters. The molecule has 42 heavy (non-hydrogen) atoms. The van der Waals surface area contributed by atoms with Crippen molar-refractivity contribution in [2.24, 2.45) is 0 Å². The van der Waals surface area contributed by atoms with Gasteiger partial charge in [-0.3, -0.25) is 4.79 Å². The molecule has 0 aliphatic carbocycles. The Morgan fingerprint density at radius 3 is 2.57 bits per heavy atom. The first-order chi connectivity index (χ1) is 20.0. The maximum Gasteiger partial charge on any atom is 0.408 e. The lowest BCUT2D eigenvalue weighted by atomic mass is 9.94. The van der Waals surface area contributed by atoms with Crippen molar-refractivity contribution in [1.82, 2.24) is 5.32 Å². The van der Waals surface area contributed by atoms with Crippen LogP contribution in [0, 0.1) is 5.82 Å². The number of halogens is 1. The van der Waals surface area contributed by atoms with E-state index in [1.54, 1.807) is 70.2 Å². The summed E-state index contributed by atoms with van der Waals surface area (Å²) in [6.45, 7) is 8.02. The Morgan fingerprint density at radius 1 is 1.10 bits per heavy atom. The number of amides is 1. The van der Waals surface area contributed by atoms with Gasteiger partial charge in [-0.2, -0.15) is 0 Å². The number of carbonyl (C=O) groups excluding carboxylic acids is 1. The molecule has 2 N–H and O–H groups in total. The molecule has 1 fully saturated rings. The third-order valence-corrected chi connectivity index (χ3v) is 7.08. The molecule has 8 heteroatoms. The molecular formula is C34H40FNO6. The fourth-order valence-electron chi connectivity index (χ4n) is 5.13. The second kappa shape index (κ2) is 13.8. The van der Waals surface area contributed by atoms with Gasteiger partial charge in [0, 0.05) is 23.3 Å². The average Bonchev–Trinajstić information content (AvgIpc) is 3.44. The molecule has 3 aromatic carbocycles. The zero-order chi connectivity index (χ0) is 30.3. The standard InChI is InChI=1S/C34H40FNO6/c1-22(36-33(39)42-34(2,3)4)28-11-7-12-29(32(28)35)26-18-23(14-15-27-10-8-16-40-27)17-24(19-26)21-41-30-13-6-5-9-25(30)20-31(37)38/h5-7,9,11-13,17-19,22,27H,8,10,14-16,20-21H2,1-4H3,(H,36,39)(H,37,38)/t22-,27?/m1/s1. The molecule has 7 nitrogen and oxygen atoms in total. The second-order valence-corrected chi connectivity index (χ2v) is 11.8. The first kappa shape index (κ1) is 31.0. The fourth-order valence-corrected chi connectivity index (χ4v) is 5.13. The van der Waals surface area contributed by atoms with Gasteiger partial charge in [0.2, 0.25) is 0 Å². The van der Waals surface area contributed by atoms with E-state index < -0.39 is 29.5 Å². The van der Waals surface area contributed by atoms with Crippen LogP contribution in [0.15, 0.2) is 60.7 Å². The highest BCUT2D eigenvalue weighted by Crippen LogP contribution is 2.31. The molecular weight excluding hydrogens is 537 g/mol. The largest absolute Gasteiger partial charge is 0.489 e. The van der Waals surface area contributed by atoms with Crippen molar-refractivity contribution in [1.29, 1.82) is 0 Å². The molecule has 0 radical (unpaired) electrons. The fraction of sp³-hybridized carbons (Fsp3) is 0.412. The summed E-state index contributed by atoms with van der Waals surface area (Å²) in [4.78, 5) is 23.7. The van der Waals surface area contributed by atoms with Gasteiger partial charge in [-0.1, -0.05) is 48.5 Å². The number of para-hydroxylation sites is 1. The quantitative estimate of drug-likeness (QED) is 0.247. The van der Waals surface area contributed by atoms with E-state index in [-0.39, 0.29) is 19.1 Å². The molecule has 1 heterocycles. The van der Waals surface area contributed by atoms with Crippen molar-refractivity contribution in [2.75, 3.05) is 6.61 Å². The molecule has 3 aromatic rings. The summed E-state index contributed by atoms with van der Waals surface area (Å²) < 4.78 is 33.3. The lowest BCUT2D eigenvalue weighted by molar-refractivity contribution is -0.136. The molecule has 0 aromatic heterocycles. The number of rotatable bonds is 11. The Bertz CT molecular complexity index is 1390. The van der Waals surface area contributed by atoms with Crippen molar-refractivity contribution in [3.8, 4) is 16.9 Å². The predicted octanol–water partition coefficient (Wildman–Crippen LogP) is 7.40. The highest BCUT2D eigenvalue weighted by molar-refractivity contribution is 5.71. The summed E-state index contributed by atoms with van der Waals surface area (Å²) in [6.07, 6.45) is 3.19. The summed E-state index contributed by atoms with van der Waals surface area (Å²) in [5.41, 5.74) is 3.25. The van der Waals surface area contributed by atoms with E-state index in [4.69, 9.17) is 14.2 Å². The van der Waals surface area contributed by atoms with Crippen molar-refractivity contribution in [3.05, 3.63) is 88.7 Å². The third-order valence-electron chi connectivity index (χ3n) is 7.08. The van der Waals surface area contributed by atoms with Crippen LogP contribution in [0.4, 0.5) is 9.18 Å². The minimum Gasteiger partial charge on any atom is -0.489 e. The van der Waals surface area contributed by atoms with Crippen LogP contribution in [0.5, 0.6) is 5.75 Å². The topological polar surface area (TPSA) is 94.1 Å². The molecule has 224 valence electrons. The van der Waals surface area contributed by atoms with E-state index >= 15 is 4.39 Å². The van der Waals surface area contributed by atoms with Gasteiger partial charge in [0.15, 0.2) is 0 Å². The molecule has 1 aliphatic heterocycles. The number of ether oxygens (including phenoxy) is 3. The van der Waals surface area contributed by atoms with Crippen LogP contribution in [0.2, 0.25) is 0 Å². The van der Waals surface area contributed by atoms with Gasteiger partial charge in [0.1, 0.15) is 23.8 Å². The minimum atomic E-state index is -0.935. The highest BCUT2D eigenvalue weighted by Gasteiger charge is 2.22. The summed E-state index contributed by atoms with van der Waals surface area (Å²) in [5.74, 6) is -0.854. The zero-order valence-corrected chi connectivity index (χ0v) is 24.7. The Morgan fingerprint density at radius 2 is 1.86 bits per heavy atom. The van der Waals surface area contributed by atoms with Gasteiger partial charge >= 0.3 is 12.1 Å². The number of hydrogen-bond acceptors (Lipinski definition) is 5. The maximum absolute atomic E-state index is 16.0. The number of carboxylic acid groups (broad SMARTS) is 1. The number of carbonyl (C=O) groups is 2. The summed E-state index contributed by atoms with van der Waals surface area (Å²) in [5, 5.41) is 12.0.